The maximum absolute atomic E-state index is 3.39. The van der Waals surface area contributed by atoms with E-state index in [-0.39, 0.29) is 0 Å². The molecule has 0 bridgehead atoms. The Morgan fingerprint density at radius 2 is 2.15 bits per heavy atom. The molecule has 1 aliphatic rings. The van der Waals surface area contributed by atoms with Gasteiger partial charge in [-0.1, -0.05) is 25.2 Å². The molecule has 0 aromatic rings. The van der Waals surface area contributed by atoms with E-state index in [0.29, 0.717) is 0 Å². The van der Waals surface area contributed by atoms with Gasteiger partial charge in [-0.05, 0) is 38.0 Å². The van der Waals surface area contributed by atoms with Crippen molar-refractivity contribution in [2.75, 3.05) is 0 Å². The smallest absolute Gasteiger partial charge is 0.0411 e. The minimum atomic E-state index is 1.05. The summed E-state index contributed by atoms with van der Waals surface area (Å²) < 4.78 is 0. The lowest BCUT2D eigenvalue weighted by Crippen LogP contribution is -2.15. The largest absolute Gasteiger partial charge is 0.359 e. The zero-order valence-electron chi connectivity index (χ0n) is 8.59. The fourth-order valence-electron chi connectivity index (χ4n) is 1.20. The summed E-state index contributed by atoms with van der Waals surface area (Å²) >= 11 is 0. The Balaban J connectivity index is 2.82. The van der Waals surface area contributed by atoms with Crippen LogP contribution in [0.1, 0.15) is 27.2 Å². The molecule has 70 valence electrons. The maximum atomic E-state index is 3.39. The van der Waals surface area contributed by atoms with Gasteiger partial charge in [-0.25, -0.2) is 0 Å². The molecule has 1 rings (SSSR count). The van der Waals surface area contributed by atoms with Gasteiger partial charge in [0.05, 0.1) is 0 Å². The van der Waals surface area contributed by atoms with Crippen molar-refractivity contribution in [2.45, 2.75) is 27.2 Å². The third kappa shape index (κ3) is 2.62. The summed E-state index contributed by atoms with van der Waals surface area (Å²) in [5.41, 5.74) is 3.77. The zero-order chi connectivity index (χ0) is 9.68. The molecule has 13 heavy (non-hydrogen) atoms. The van der Waals surface area contributed by atoms with Crippen molar-refractivity contribution in [1.29, 1.82) is 0 Å². The molecule has 0 fully saturated rings. The van der Waals surface area contributed by atoms with E-state index >= 15 is 0 Å². The first-order valence-corrected chi connectivity index (χ1v) is 4.75. The minimum Gasteiger partial charge on any atom is -0.359 e. The summed E-state index contributed by atoms with van der Waals surface area (Å²) in [6.07, 6.45) is 11.5. The van der Waals surface area contributed by atoms with Crippen LogP contribution in [0.2, 0.25) is 0 Å². The van der Waals surface area contributed by atoms with Crippen LogP contribution < -0.4 is 5.32 Å². The van der Waals surface area contributed by atoms with Crippen LogP contribution in [-0.4, -0.2) is 0 Å². The maximum Gasteiger partial charge on any atom is 0.0411 e. The fraction of sp³-hybridized carbons (Fsp3) is 0.333. The highest BCUT2D eigenvalue weighted by Gasteiger charge is 2.04. The first-order valence-electron chi connectivity index (χ1n) is 4.75. The van der Waals surface area contributed by atoms with E-state index in [1.807, 2.05) is 13.0 Å². The lowest BCUT2D eigenvalue weighted by atomic mass is 10.1. The lowest BCUT2D eigenvalue weighted by molar-refractivity contribution is 0.884. The van der Waals surface area contributed by atoms with Crippen molar-refractivity contribution < 1.29 is 0 Å². The SMILES string of the molecule is C/C=C\C=C1/NC(CC)=CC=C1C. The van der Waals surface area contributed by atoms with Crippen molar-refractivity contribution in [2.24, 2.45) is 0 Å². The van der Waals surface area contributed by atoms with E-state index in [2.05, 4.69) is 43.5 Å². The van der Waals surface area contributed by atoms with Crippen LogP contribution in [0, 0.1) is 0 Å². The van der Waals surface area contributed by atoms with Crippen molar-refractivity contribution in [3.05, 3.63) is 47.3 Å². The summed E-state index contributed by atoms with van der Waals surface area (Å²) in [6.45, 7) is 6.29. The molecule has 0 unspecified atom stereocenters. The van der Waals surface area contributed by atoms with Crippen LogP contribution in [0.15, 0.2) is 47.3 Å². The van der Waals surface area contributed by atoms with E-state index in [9.17, 15) is 0 Å². The highest BCUT2D eigenvalue weighted by atomic mass is 14.9. The molecule has 1 aliphatic heterocycles. The number of hydrogen-bond donors (Lipinski definition) is 1. The number of dihydropyridines is 1. The van der Waals surface area contributed by atoms with E-state index in [4.69, 9.17) is 0 Å². The Morgan fingerprint density at radius 1 is 1.38 bits per heavy atom. The lowest BCUT2D eigenvalue weighted by Gasteiger charge is -2.17. The van der Waals surface area contributed by atoms with Gasteiger partial charge in [-0.2, -0.15) is 0 Å². The average molecular weight is 175 g/mol. The molecular weight excluding hydrogens is 158 g/mol. The van der Waals surface area contributed by atoms with E-state index < -0.39 is 0 Å². The number of allylic oxidation sites excluding steroid dienone is 7. The number of nitrogens with one attached hydrogen (secondary N) is 1. The highest BCUT2D eigenvalue weighted by Crippen LogP contribution is 2.15. The van der Waals surface area contributed by atoms with Gasteiger partial charge in [0.15, 0.2) is 0 Å². The zero-order valence-corrected chi connectivity index (χ0v) is 8.59. The van der Waals surface area contributed by atoms with Gasteiger partial charge in [-0.15, -0.1) is 0 Å². The molecule has 0 spiro atoms. The van der Waals surface area contributed by atoms with Crippen LogP contribution in [0.4, 0.5) is 0 Å². The average Bonchev–Trinajstić information content (AvgIpc) is 2.17. The number of hydrogen-bond acceptors (Lipinski definition) is 1. The molecule has 1 heterocycles. The van der Waals surface area contributed by atoms with Gasteiger partial charge >= 0.3 is 0 Å². The van der Waals surface area contributed by atoms with Gasteiger partial charge in [0.1, 0.15) is 0 Å². The molecule has 1 heteroatoms. The van der Waals surface area contributed by atoms with Gasteiger partial charge in [-0.3, -0.25) is 0 Å². The molecular formula is C12H17N. The summed E-state index contributed by atoms with van der Waals surface area (Å²) in [5.74, 6) is 0. The second-order valence-corrected chi connectivity index (χ2v) is 3.13. The van der Waals surface area contributed by atoms with Gasteiger partial charge in [0, 0.05) is 11.4 Å². The van der Waals surface area contributed by atoms with Crippen LogP contribution in [-0.2, 0) is 0 Å². The molecule has 1 nitrogen and oxygen atoms in total. The molecule has 0 saturated carbocycles. The minimum absolute atomic E-state index is 1.05. The summed E-state index contributed by atoms with van der Waals surface area (Å²) in [6, 6.07) is 0. The topological polar surface area (TPSA) is 12.0 Å². The molecule has 0 saturated heterocycles. The second kappa shape index (κ2) is 4.70. The van der Waals surface area contributed by atoms with Gasteiger partial charge in [0.2, 0.25) is 0 Å². The van der Waals surface area contributed by atoms with E-state index in [1.165, 1.54) is 17.0 Å². The molecule has 0 atom stereocenters. The second-order valence-electron chi connectivity index (χ2n) is 3.13. The molecule has 0 aromatic carbocycles. The van der Waals surface area contributed by atoms with Crippen molar-refractivity contribution in [3.8, 4) is 0 Å². The predicted molar refractivity (Wildman–Crippen MR) is 58.2 cm³/mol. The highest BCUT2D eigenvalue weighted by molar-refractivity contribution is 5.40. The molecule has 0 radical (unpaired) electrons. The van der Waals surface area contributed by atoms with Crippen molar-refractivity contribution in [1.82, 2.24) is 5.32 Å². The van der Waals surface area contributed by atoms with Crippen LogP contribution >= 0.6 is 0 Å². The summed E-state index contributed by atoms with van der Waals surface area (Å²) in [7, 11) is 0. The molecule has 0 amide bonds. The Morgan fingerprint density at radius 3 is 2.77 bits per heavy atom. The Kier molecular flexibility index (Phi) is 3.56. The van der Waals surface area contributed by atoms with Crippen LogP contribution in [0.25, 0.3) is 0 Å². The van der Waals surface area contributed by atoms with Crippen LogP contribution in [0.5, 0.6) is 0 Å². The quantitative estimate of drug-likeness (QED) is 0.679. The fourth-order valence-corrected chi connectivity index (χ4v) is 1.20. The Labute approximate surface area is 80.5 Å². The monoisotopic (exact) mass is 175 g/mol. The van der Waals surface area contributed by atoms with Gasteiger partial charge in [0.25, 0.3) is 0 Å². The summed E-state index contributed by atoms with van der Waals surface area (Å²) in [5, 5.41) is 3.39. The molecule has 0 aliphatic carbocycles. The molecule has 1 N–H and O–H groups in total. The van der Waals surface area contributed by atoms with E-state index in [1.54, 1.807) is 0 Å². The number of rotatable bonds is 2. The Bertz CT molecular complexity index is 290. The predicted octanol–water partition coefficient (Wildman–Crippen LogP) is 3.29. The van der Waals surface area contributed by atoms with Crippen molar-refractivity contribution in [3.63, 3.8) is 0 Å². The third-order valence-corrected chi connectivity index (χ3v) is 2.09. The normalized spacial score (nSPS) is 20.1. The Hall–Kier alpha value is -1.24. The summed E-state index contributed by atoms with van der Waals surface area (Å²) in [4.78, 5) is 0. The van der Waals surface area contributed by atoms with Crippen LogP contribution in [0.3, 0.4) is 0 Å². The van der Waals surface area contributed by atoms with E-state index in [0.717, 1.165) is 6.42 Å². The molecule has 0 aromatic heterocycles. The standard InChI is InChI=1S/C12H17N/c1-4-6-7-12-10(3)8-9-11(5-2)13-12/h4,6-9,13H,5H2,1-3H3/b6-4-,12-7-. The first-order chi connectivity index (χ1) is 6.27. The van der Waals surface area contributed by atoms with Crippen molar-refractivity contribution >= 4 is 0 Å². The van der Waals surface area contributed by atoms with Gasteiger partial charge < -0.3 is 5.32 Å². The third-order valence-electron chi connectivity index (χ3n) is 2.09. The first kappa shape index (κ1) is 9.85.